The van der Waals surface area contributed by atoms with Gasteiger partial charge in [-0.1, -0.05) is 6.07 Å². The summed E-state index contributed by atoms with van der Waals surface area (Å²) in [5.74, 6) is -0.487. The molecule has 0 aromatic carbocycles. The molecule has 0 saturated heterocycles. The minimum Gasteiger partial charge on any atom is -0.461 e. The van der Waals surface area contributed by atoms with E-state index in [9.17, 15) is 4.79 Å². The van der Waals surface area contributed by atoms with Gasteiger partial charge in [-0.05, 0) is 25.1 Å². The van der Waals surface area contributed by atoms with Crippen molar-refractivity contribution in [2.75, 3.05) is 6.61 Å². The van der Waals surface area contributed by atoms with E-state index in [2.05, 4.69) is 4.98 Å². The van der Waals surface area contributed by atoms with E-state index in [-0.39, 0.29) is 12.3 Å². The van der Waals surface area contributed by atoms with E-state index in [1.807, 2.05) is 18.2 Å². The topological polar surface area (TPSA) is 67.4 Å². The van der Waals surface area contributed by atoms with Crippen LogP contribution in [0.1, 0.15) is 23.1 Å². The number of imidazole rings is 1. The highest BCUT2D eigenvalue weighted by atomic mass is 16.5. The van der Waals surface area contributed by atoms with Gasteiger partial charge in [0.2, 0.25) is 0 Å². The Bertz CT molecular complexity index is 650. The number of pyridine rings is 1. The van der Waals surface area contributed by atoms with E-state index in [4.69, 9.17) is 10.00 Å². The van der Waals surface area contributed by atoms with Gasteiger partial charge >= 0.3 is 5.97 Å². The van der Waals surface area contributed by atoms with Crippen LogP contribution >= 0.6 is 0 Å². The molecule has 0 radical (unpaired) electrons. The van der Waals surface area contributed by atoms with E-state index < -0.39 is 5.97 Å². The number of nitriles is 1. The summed E-state index contributed by atoms with van der Waals surface area (Å²) in [6.45, 7) is 2.02. The first-order chi connectivity index (χ1) is 8.77. The average Bonchev–Trinajstić information content (AvgIpc) is 2.75. The van der Waals surface area contributed by atoms with Crippen LogP contribution in [0, 0.1) is 11.3 Å². The molecule has 2 aromatic rings. The molecule has 0 bridgehead atoms. The van der Waals surface area contributed by atoms with Crippen molar-refractivity contribution in [1.82, 2.24) is 9.38 Å². The monoisotopic (exact) mass is 241 g/mol. The molecule has 2 rings (SSSR count). The van der Waals surface area contributed by atoms with Crippen LogP contribution in [0.2, 0.25) is 0 Å². The number of fused-ring (bicyclic) bond motifs is 1. The molecule has 0 aliphatic rings. The van der Waals surface area contributed by atoms with Gasteiger partial charge < -0.3 is 4.74 Å². The number of carbonyl (C=O) groups excluding carboxylic acids is 1. The fourth-order valence-electron chi connectivity index (χ4n) is 1.64. The lowest BCUT2D eigenvalue weighted by Gasteiger charge is -1.99. The number of allylic oxidation sites excluding steroid dienone is 1. The summed E-state index contributed by atoms with van der Waals surface area (Å²) in [5, 5.41) is 8.59. The number of aromatic nitrogens is 2. The summed E-state index contributed by atoms with van der Waals surface area (Å²) in [6.07, 6.45) is 4.63. The van der Waals surface area contributed by atoms with Crippen LogP contribution in [0.25, 0.3) is 11.7 Å². The quantitative estimate of drug-likeness (QED) is 0.609. The molecule has 18 heavy (non-hydrogen) atoms. The minimum absolute atomic E-state index is 0.217. The van der Waals surface area contributed by atoms with Gasteiger partial charge in [-0.3, -0.25) is 4.40 Å². The first-order valence-corrected chi connectivity index (χ1v) is 5.48. The second kappa shape index (κ2) is 5.15. The van der Waals surface area contributed by atoms with Crippen LogP contribution in [-0.4, -0.2) is 22.0 Å². The number of esters is 1. The van der Waals surface area contributed by atoms with Crippen LogP contribution in [0.15, 0.2) is 30.5 Å². The van der Waals surface area contributed by atoms with Gasteiger partial charge in [0.05, 0.1) is 18.4 Å². The summed E-state index contributed by atoms with van der Waals surface area (Å²) in [7, 11) is 0. The average molecular weight is 241 g/mol. The van der Waals surface area contributed by atoms with Crippen LogP contribution < -0.4 is 0 Å². The predicted molar refractivity (Wildman–Crippen MR) is 65.8 cm³/mol. The summed E-state index contributed by atoms with van der Waals surface area (Å²) >= 11 is 0. The molecule has 5 heteroatoms. The summed E-state index contributed by atoms with van der Waals surface area (Å²) in [4.78, 5) is 16.0. The van der Waals surface area contributed by atoms with Crippen molar-refractivity contribution in [3.05, 3.63) is 41.9 Å². The van der Waals surface area contributed by atoms with Crippen LogP contribution in [-0.2, 0) is 4.74 Å². The van der Waals surface area contributed by atoms with Crippen molar-refractivity contribution in [3.8, 4) is 6.07 Å². The van der Waals surface area contributed by atoms with Crippen LogP contribution in [0.4, 0.5) is 0 Å². The zero-order valence-electron chi connectivity index (χ0n) is 9.83. The highest BCUT2D eigenvalue weighted by Crippen LogP contribution is 2.15. The number of hydrogen-bond donors (Lipinski definition) is 0. The van der Waals surface area contributed by atoms with E-state index in [1.165, 1.54) is 6.08 Å². The lowest BCUT2D eigenvalue weighted by molar-refractivity contribution is 0.0520. The number of nitrogens with zero attached hydrogens (tertiary/aromatic N) is 3. The maximum absolute atomic E-state index is 11.8. The molecular weight excluding hydrogens is 230 g/mol. The molecule has 90 valence electrons. The van der Waals surface area contributed by atoms with Crippen molar-refractivity contribution in [1.29, 1.82) is 5.26 Å². The van der Waals surface area contributed by atoms with Gasteiger partial charge in [0.25, 0.3) is 0 Å². The number of ether oxygens (including phenoxy) is 1. The summed E-state index contributed by atoms with van der Waals surface area (Å²) < 4.78 is 6.68. The zero-order chi connectivity index (χ0) is 13.0. The molecule has 0 atom stereocenters. The van der Waals surface area contributed by atoms with E-state index >= 15 is 0 Å². The van der Waals surface area contributed by atoms with Crippen molar-refractivity contribution >= 4 is 17.7 Å². The smallest absolute Gasteiger partial charge is 0.359 e. The molecule has 0 amide bonds. The first kappa shape index (κ1) is 11.9. The molecule has 2 aromatic heterocycles. The lowest BCUT2D eigenvalue weighted by atomic mass is 10.3. The highest BCUT2D eigenvalue weighted by molar-refractivity contribution is 5.92. The Morgan fingerprint density at radius 3 is 3.17 bits per heavy atom. The Hall–Kier alpha value is -2.61. The predicted octanol–water partition coefficient (Wildman–Crippen LogP) is 2.05. The van der Waals surface area contributed by atoms with Crippen molar-refractivity contribution in [2.45, 2.75) is 6.92 Å². The third kappa shape index (κ3) is 2.09. The molecule has 2 heterocycles. The second-order valence-corrected chi connectivity index (χ2v) is 3.46. The second-order valence-electron chi connectivity index (χ2n) is 3.46. The van der Waals surface area contributed by atoms with Crippen molar-refractivity contribution < 1.29 is 9.53 Å². The Morgan fingerprint density at radius 1 is 1.61 bits per heavy atom. The Kier molecular flexibility index (Phi) is 3.39. The van der Waals surface area contributed by atoms with Gasteiger partial charge in [0.15, 0.2) is 5.69 Å². The van der Waals surface area contributed by atoms with Gasteiger partial charge in [0, 0.05) is 12.3 Å². The van der Waals surface area contributed by atoms with Crippen molar-refractivity contribution in [3.63, 3.8) is 0 Å². The van der Waals surface area contributed by atoms with E-state index in [1.54, 1.807) is 29.7 Å². The molecular formula is C13H11N3O2. The summed E-state index contributed by atoms with van der Waals surface area (Å²) in [6, 6.07) is 7.33. The first-order valence-electron chi connectivity index (χ1n) is 5.48. The largest absolute Gasteiger partial charge is 0.461 e. The Balaban J connectivity index is 2.61. The Labute approximate surface area is 104 Å². The number of rotatable bonds is 3. The maximum atomic E-state index is 11.8. The minimum atomic E-state index is -0.487. The number of hydrogen-bond acceptors (Lipinski definition) is 4. The van der Waals surface area contributed by atoms with Gasteiger partial charge in [-0.25, -0.2) is 9.78 Å². The lowest BCUT2D eigenvalue weighted by Crippen LogP contribution is -2.07. The normalized spacial score (nSPS) is 10.7. The molecule has 0 aliphatic carbocycles. The van der Waals surface area contributed by atoms with Crippen LogP contribution in [0.5, 0.6) is 0 Å². The molecule has 0 fully saturated rings. The fraction of sp³-hybridized carbons (Fsp3) is 0.154. The van der Waals surface area contributed by atoms with Gasteiger partial charge in [-0.2, -0.15) is 5.26 Å². The van der Waals surface area contributed by atoms with E-state index in [0.29, 0.717) is 11.3 Å². The Morgan fingerprint density at radius 2 is 2.44 bits per heavy atom. The standard InChI is InChI=1S/C13H11N3O2/c1-2-18-13(17)12-10(6-5-8-14)16-9-4-3-7-11(16)15-12/h3-7,9H,2H2,1H3. The van der Waals surface area contributed by atoms with E-state index in [0.717, 1.165) is 0 Å². The third-order valence-electron chi connectivity index (χ3n) is 2.35. The summed E-state index contributed by atoms with van der Waals surface area (Å²) in [5.41, 5.74) is 1.40. The highest BCUT2D eigenvalue weighted by Gasteiger charge is 2.17. The van der Waals surface area contributed by atoms with Gasteiger partial charge in [0.1, 0.15) is 5.65 Å². The zero-order valence-corrected chi connectivity index (χ0v) is 9.83. The van der Waals surface area contributed by atoms with Crippen molar-refractivity contribution in [2.24, 2.45) is 0 Å². The maximum Gasteiger partial charge on any atom is 0.359 e. The molecule has 0 aliphatic heterocycles. The van der Waals surface area contributed by atoms with Gasteiger partial charge in [-0.15, -0.1) is 0 Å². The molecule has 0 unspecified atom stereocenters. The third-order valence-corrected chi connectivity index (χ3v) is 2.35. The molecule has 0 spiro atoms. The van der Waals surface area contributed by atoms with Crippen LogP contribution in [0.3, 0.4) is 0 Å². The molecule has 0 N–H and O–H groups in total. The SMILES string of the molecule is CCOC(=O)c1nc2ccccn2c1C=CC#N. The fourth-order valence-corrected chi connectivity index (χ4v) is 1.64. The molecule has 5 nitrogen and oxygen atoms in total. The molecule has 0 saturated carbocycles. The number of carbonyl (C=O) groups is 1.